The SMILES string of the molecule is Cc1nc2ccccn2c1C(=O)N/N=C\c1cn(-c2ccccc2)nc1-c1cccnc1. The number of fused-ring (bicyclic) bond motifs is 1. The molecular weight excluding hydrogens is 402 g/mol. The van der Waals surface area contributed by atoms with Crippen molar-refractivity contribution in [1.29, 1.82) is 0 Å². The maximum Gasteiger partial charge on any atom is 0.290 e. The second-order valence-electron chi connectivity index (χ2n) is 7.13. The molecule has 8 heteroatoms. The van der Waals surface area contributed by atoms with Gasteiger partial charge in [-0.2, -0.15) is 10.2 Å². The van der Waals surface area contributed by atoms with Crippen LogP contribution in [-0.2, 0) is 0 Å². The predicted molar refractivity (Wildman–Crippen MR) is 122 cm³/mol. The molecule has 0 aliphatic heterocycles. The Morgan fingerprint density at radius 1 is 1.06 bits per heavy atom. The standard InChI is InChI=1S/C24H19N7O/c1-17-23(30-13-6-5-11-21(30)27-17)24(32)28-26-15-19-16-31(20-9-3-2-4-10-20)29-22(19)18-8-7-12-25-14-18/h2-16H,1H3,(H,28,32)/b26-15-. The highest BCUT2D eigenvalue weighted by molar-refractivity contribution is 5.96. The van der Waals surface area contributed by atoms with Gasteiger partial charge in [0, 0.05) is 35.9 Å². The number of rotatable bonds is 5. The summed E-state index contributed by atoms with van der Waals surface area (Å²) >= 11 is 0. The highest BCUT2D eigenvalue weighted by atomic mass is 16.2. The zero-order valence-electron chi connectivity index (χ0n) is 17.3. The summed E-state index contributed by atoms with van der Waals surface area (Å²) in [7, 11) is 0. The number of aromatic nitrogens is 5. The average molecular weight is 421 g/mol. The third kappa shape index (κ3) is 3.65. The maximum absolute atomic E-state index is 12.8. The minimum atomic E-state index is -0.337. The Bertz CT molecular complexity index is 1420. The molecule has 5 aromatic rings. The van der Waals surface area contributed by atoms with E-state index in [1.54, 1.807) is 40.8 Å². The third-order valence-corrected chi connectivity index (χ3v) is 4.99. The molecule has 0 aliphatic rings. The van der Waals surface area contributed by atoms with Crippen LogP contribution in [0.25, 0.3) is 22.6 Å². The van der Waals surface area contributed by atoms with E-state index in [1.165, 1.54) is 0 Å². The van der Waals surface area contributed by atoms with Crippen LogP contribution in [-0.4, -0.2) is 36.3 Å². The number of para-hydroxylation sites is 1. The molecule has 0 radical (unpaired) electrons. The molecule has 32 heavy (non-hydrogen) atoms. The van der Waals surface area contributed by atoms with Gasteiger partial charge in [-0.15, -0.1) is 0 Å². The van der Waals surface area contributed by atoms with Crippen molar-refractivity contribution in [3.8, 4) is 16.9 Å². The summed E-state index contributed by atoms with van der Waals surface area (Å²) in [6.45, 7) is 1.80. The van der Waals surface area contributed by atoms with Crippen molar-refractivity contribution < 1.29 is 4.79 Å². The summed E-state index contributed by atoms with van der Waals surface area (Å²) < 4.78 is 3.52. The first-order valence-corrected chi connectivity index (χ1v) is 10.0. The number of carbonyl (C=O) groups excluding carboxylic acids is 1. The van der Waals surface area contributed by atoms with Gasteiger partial charge in [0.15, 0.2) is 0 Å². The molecule has 0 spiro atoms. The molecule has 0 bridgehead atoms. The van der Waals surface area contributed by atoms with Crippen molar-refractivity contribution in [2.24, 2.45) is 5.10 Å². The van der Waals surface area contributed by atoms with E-state index in [1.807, 2.05) is 66.9 Å². The van der Waals surface area contributed by atoms with Gasteiger partial charge in [-0.25, -0.2) is 15.1 Å². The van der Waals surface area contributed by atoms with Crippen LogP contribution >= 0.6 is 0 Å². The second kappa shape index (κ2) is 8.27. The van der Waals surface area contributed by atoms with Crippen LogP contribution in [0.2, 0.25) is 0 Å². The Labute approximate surface area is 183 Å². The molecule has 0 atom stereocenters. The van der Waals surface area contributed by atoms with E-state index in [-0.39, 0.29) is 5.91 Å². The van der Waals surface area contributed by atoms with Crippen LogP contribution in [0.3, 0.4) is 0 Å². The first-order chi connectivity index (χ1) is 15.7. The number of aryl methyl sites for hydroxylation is 1. The van der Waals surface area contributed by atoms with Crippen LogP contribution in [0.1, 0.15) is 21.7 Å². The van der Waals surface area contributed by atoms with Crippen LogP contribution in [0.15, 0.2) is 90.6 Å². The lowest BCUT2D eigenvalue weighted by Gasteiger charge is -2.01. The zero-order valence-corrected chi connectivity index (χ0v) is 17.3. The molecule has 8 nitrogen and oxygen atoms in total. The fourth-order valence-electron chi connectivity index (χ4n) is 3.52. The number of amides is 1. The summed E-state index contributed by atoms with van der Waals surface area (Å²) in [6.07, 6.45) is 8.72. The summed E-state index contributed by atoms with van der Waals surface area (Å²) in [5, 5.41) is 8.91. The van der Waals surface area contributed by atoms with Gasteiger partial charge in [0.1, 0.15) is 17.0 Å². The Morgan fingerprint density at radius 2 is 1.91 bits per heavy atom. The summed E-state index contributed by atoms with van der Waals surface area (Å²) in [5.41, 5.74) is 7.64. The van der Waals surface area contributed by atoms with Gasteiger partial charge >= 0.3 is 0 Å². The van der Waals surface area contributed by atoms with E-state index in [0.29, 0.717) is 22.7 Å². The number of benzene rings is 1. The van der Waals surface area contributed by atoms with Crippen molar-refractivity contribution in [2.75, 3.05) is 0 Å². The van der Waals surface area contributed by atoms with Gasteiger partial charge in [0.05, 0.1) is 17.6 Å². The zero-order chi connectivity index (χ0) is 21.9. The number of carbonyl (C=O) groups is 1. The molecule has 0 unspecified atom stereocenters. The summed E-state index contributed by atoms with van der Waals surface area (Å²) in [5.74, 6) is -0.337. The van der Waals surface area contributed by atoms with Gasteiger partial charge in [-0.1, -0.05) is 24.3 Å². The summed E-state index contributed by atoms with van der Waals surface area (Å²) in [6, 6.07) is 19.2. The second-order valence-corrected chi connectivity index (χ2v) is 7.13. The Hall–Kier alpha value is -4.59. The van der Waals surface area contributed by atoms with Crippen molar-refractivity contribution in [1.82, 2.24) is 29.6 Å². The van der Waals surface area contributed by atoms with Gasteiger partial charge in [0.2, 0.25) is 0 Å². The quantitative estimate of drug-likeness (QED) is 0.346. The Kier molecular flexibility index (Phi) is 5.01. The molecule has 0 saturated heterocycles. The number of nitrogens with one attached hydrogen (secondary N) is 1. The van der Waals surface area contributed by atoms with E-state index in [0.717, 1.165) is 16.8 Å². The van der Waals surface area contributed by atoms with Crippen molar-refractivity contribution in [3.05, 3.63) is 102 Å². The number of pyridine rings is 2. The fraction of sp³-hybridized carbons (Fsp3) is 0.0417. The molecular formula is C24H19N7O. The van der Waals surface area contributed by atoms with Crippen molar-refractivity contribution >= 4 is 17.8 Å². The van der Waals surface area contributed by atoms with Crippen molar-refractivity contribution in [2.45, 2.75) is 6.92 Å². The first-order valence-electron chi connectivity index (χ1n) is 10.0. The molecule has 1 N–H and O–H groups in total. The highest BCUT2D eigenvalue weighted by Crippen LogP contribution is 2.21. The lowest BCUT2D eigenvalue weighted by Crippen LogP contribution is -2.20. The number of hydrogen-bond donors (Lipinski definition) is 1. The van der Waals surface area contributed by atoms with Crippen molar-refractivity contribution in [3.63, 3.8) is 0 Å². The van der Waals surface area contributed by atoms with Gasteiger partial charge in [-0.3, -0.25) is 14.2 Å². The van der Waals surface area contributed by atoms with E-state index >= 15 is 0 Å². The highest BCUT2D eigenvalue weighted by Gasteiger charge is 2.16. The number of hydrogen-bond acceptors (Lipinski definition) is 5. The lowest BCUT2D eigenvalue weighted by atomic mass is 10.1. The first kappa shape index (κ1) is 19.4. The number of nitrogens with zero attached hydrogens (tertiary/aromatic N) is 6. The molecule has 1 amide bonds. The molecule has 0 saturated carbocycles. The molecule has 4 aromatic heterocycles. The average Bonchev–Trinajstić information content (AvgIpc) is 3.40. The van der Waals surface area contributed by atoms with Crippen LogP contribution in [0.5, 0.6) is 0 Å². The Balaban J connectivity index is 1.46. The van der Waals surface area contributed by atoms with E-state index < -0.39 is 0 Å². The topological polar surface area (TPSA) is 89.5 Å². The number of hydrazone groups is 1. The van der Waals surface area contributed by atoms with Gasteiger partial charge in [-0.05, 0) is 43.3 Å². The van der Waals surface area contributed by atoms with Gasteiger partial charge in [0.25, 0.3) is 5.91 Å². The normalized spacial score (nSPS) is 11.3. The van der Waals surface area contributed by atoms with E-state index in [2.05, 4.69) is 20.5 Å². The van der Waals surface area contributed by atoms with Crippen LogP contribution < -0.4 is 5.43 Å². The predicted octanol–water partition coefficient (Wildman–Crippen LogP) is 3.65. The monoisotopic (exact) mass is 421 g/mol. The third-order valence-electron chi connectivity index (χ3n) is 4.99. The van der Waals surface area contributed by atoms with Crippen LogP contribution in [0, 0.1) is 6.92 Å². The fourth-order valence-corrected chi connectivity index (χ4v) is 3.52. The number of imidazole rings is 1. The minimum Gasteiger partial charge on any atom is -0.295 e. The molecule has 1 aromatic carbocycles. The molecule has 0 aliphatic carbocycles. The smallest absolute Gasteiger partial charge is 0.290 e. The molecule has 5 rings (SSSR count). The maximum atomic E-state index is 12.8. The van der Waals surface area contributed by atoms with E-state index in [9.17, 15) is 4.79 Å². The van der Waals surface area contributed by atoms with Gasteiger partial charge < -0.3 is 0 Å². The summed E-state index contributed by atoms with van der Waals surface area (Å²) in [4.78, 5) is 21.4. The minimum absolute atomic E-state index is 0.337. The molecule has 4 heterocycles. The Morgan fingerprint density at radius 3 is 2.72 bits per heavy atom. The molecule has 156 valence electrons. The van der Waals surface area contributed by atoms with E-state index in [4.69, 9.17) is 5.10 Å². The largest absolute Gasteiger partial charge is 0.295 e. The lowest BCUT2D eigenvalue weighted by molar-refractivity contribution is 0.0948. The van der Waals surface area contributed by atoms with Crippen LogP contribution in [0.4, 0.5) is 0 Å². The molecule has 0 fully saturated rings.